The Morgan fingerprint density at radius 3 is 2.61 bits per heavy atom. The van der Waals surface area contributed by atoms with Gasteiger partial charge in [0.15, 0.2) is 5.82 Å². The minimum atomic E-state index is 0.0401. The van der Waals surface area contributed by atoms with Gasteiger partial charge in [-0.15, -0.1) is 0 Å². The zero-order valence-electron chi connectivity index (χ0n) is 13.3. The van der Waals surface area contributed by atoms with Crippen molar-refractivity contribution in [3.8, 4) is 0 Å². The maximum Gasteiger partial charge on any atom is 0.230 e. The summed E-state index contributed by atoms with van der Waals surface area (Å²) in [5.74, 6) is 0.970. The molecule has 1 amide bonds. The summed E-state index contributed by atoms with van der Waals surface area (Å²) in [5.41, 5.74) is 2.33. The molecule has 6 nitrogen and oxygen atoms in total. The van der Waals surface area contributed by atoms with Crippen LogP contribution in [0.15, 0.2) is 22.7 Å². The lowest BCUT2D eigenvalue weighted by Crippen LogP contribution is -2.49. The van der Waals surface area contributed by atoms with Crippen LogP contribution in [0.4, 0.5) is 5.69 Å². The topological polar surface area (TPSA) is 62.5 Å². The first kappa shape index (κ1) is 15.8. The van der Waals surface area contributed by atoms with Gasteiger partial charge in [0, 0.05) is 43.8 Å². The smallest absolute Gasteiger partial charge is 0.230 e. The summed E-state index contributed by atoms with van der Waals surface area (Å²) >= 11 is 6.01. The monoisotopic (exact) mass is 334 g/mol. The third kappa shape index (κ3) is 3.64. The standard InChI is InChI=1S/C16H19ClN4O2/c1-11-9-13(17)3-4-14(11)20-5-7-21(8-6-20)16(22)10-15-18-12(2)23-19-15/h3-4,9H,5-8,10H2,1-2H3. The second-order valence-corrected chi connectivity index (χ2v) is 6.14. The molecule has 0 aliphatic carbocycles. The van der Waals surface area contributed by atoms with Crippen molar-refractivity contribution >= 4 is 23.2 Å². The van der Waals surface area contributed by atoms with Crippen LogP contribution in [0.25, 0.3) is 0 Å². The van der Waals surface area contributed by atoms with E-state index >= 15 is 0 Å². The van der Waals surface area contributed by atoms with Crippen molar-refractivity contribution < 1.29 is 9.32 Å². The summed E-state index contributed by atoms with van der Waals surface area (Å²) in [6, 6.07) is 5.91. The molecule has 1 aliphatic heterocycles. The van der Waals surface area contributed by atoms with Gasteiger partial charge in [-0.1, -0.05) is 16.8 Å². The van der Waals surface area contributed by atoms with Crippen LogP contribution in [-0.2, 0) is 11.2 Å². The van der Waals surface area contributed by atoms with Crippen LogP contribution in [0.2, 0.25) is 5.02 Å². The van der Waals surface area contributed by atoms with Gasteiger partial charge in [0.2, 0.25) is 11.8 Å². The molecule has 0 unspecified atom stereocenters. The maximum absolute atomic E-state index is 12.3. The number of amides is 1. The Morgan fingerprint density at radius 1 is 1.26 bits per heavy atom. The molecule has 1 aliphatic rings. The van der Waals surface area contributed by atoms with Gasteiger partial charge in [-0.25, -0.2) is 0 Å². The highest BCUT2D eigenvalue weighted by atomic mass is 35.5. The fraction of sp³-hybridized carbons (Fsp3) is 0.438. The highest BCUT2D eigenvalue weighted by molar-refractivity contribution is 6.30. The molecule has 0 saturated carbocycles. The summed E-state index contributed by atoms with van der Waals surface area (Å²) in [6.07, 6.45) is 0.192. The summed E-state index contributed by atoms with van der Waals surface area (Å²) < 4.78 is 4.90. The lowest BCUT2D eigenvalue weighted by Gasteiger charge is -2.36. The first-order chi connectivity index (χ1) is 11.0. The van der Waals surface area contributed by atoms with Gasteiger partial charge in [0.25, 0.3) is 0 Å². The van der Waals surface area contributed by atoms with E-state index in [-0.39, 0.29) is 12.3 Å². The van der Waals surface area contributed by atoms with Crippen LogP contribution in [0.1, 0.15) is 17.3 Å². The van der Waals surface area contributed by atoms with Gasteiger partial charge in [-0.2, -0.15) is 4.98 Å². The third-order valence-electron chi connectivity index (χ3n) is 4.01. The molecule has 0 bridgehead atoms. The fourth-order valence-electron chi connectivity index (χ4n) is 2.83. The van der Waals surface area contributed by atoms with E-state index in [1.165, 1.54) is 5.69 Å². The SMILES string of the molecule is Cc1nc(CC(=O)N2CCN(c3ccc(Cl)cc3C)CC2)no1. The average Bonchev–Trinajstić information content (AvgIpc) is 2.92. The van der Waals surface area contributed by atoms with E-state index in [1.807, 2.05) is 23.1 Å². The Hall–Kier alpha value is -2.08. The number of halogens is 1. The van der Waals surface area contributed by atoms with Crippen LogP contribution in [0, 0.1) is 13.8 Å². The number of benzene rings is 1. The van der Waals surface area contributed by atoms with E-state index < -0.39 is 0 Å². The molecule has 7 heteroatoms. The number of anilines is 1. The molecular formula is C16H19ClN4O2. The molecule has 0 radical (unpaired) electrons. The second-order valence-electron chi connectivity index (χ2n) is 5.71. The summed E-state index contributed by atoms with van der Waals surface area (Å²) in [7, 11) is 0. The van der Waals surface area contributed by atoms with E-state index in [1.54, 1.807) is 6.92 Å². The summed E-state index contributed by atoms with van der Waals surface area (Å²) in [6.45, 7) is 6.76. The van der Waals surface area contributed by atoms with E-state index in [0.29, 0.717) is 24.8 Å². The van der Waals surface area contributed by atoms with Crippen LogP contribution in [0.5, 0.6) is 0 Å². The first-order valence-electron chi connectivity index (χ1n) is 7.61. The Bertz CT molecular complexity index is 708. The Kier molecular flexibility index (Phi) is 4.52. The normalized spacial score (nSPS) is 15.1. The zero-order valence-corrected chi connectivity index (χ0v) is 14.0. The number of aryl methyl sites for hydroxylation is 2. The number of nitrogens with zero attached hydrogens (tertiary/aromatic N) is 4. The van der Waals surface area contributed by atoms with Gasteiger partial charge < -0.3 is 14.3 Å². The molecule has 1 aromatic heterocycles. The third-order valence-corrected chi connectivity index (χ3v) is 4.25. The number of piperazine rings is 1. The Balaban J connectivity index is 1.58. The number of carbonyl (C=O) groups is 1. The van der Waals surface area contributed by atoms with E-state index in [2.05, 4.69) is 22.0 Å². The molecule has 0 spiro atoms. The van der Waals surface area contributed by atoms with Crippen LogP contribution in [-0.4, -0.2) is 47.1 Å². The van der Waals surface area contributed by atoms with Crippen molar-refractivity contribution in [2.24, 2.45) is 0 Å². The van der Waals surface area contributed by atoms with Gasteiger partial charge in [-0.3, -0.25) is 4.79 Å². The van der Waals surface area contributed by atoms with Gasteiger partial charge in [0.1, 0.15) is 0 Å². The zero-order chi connectivity index (χ0) is 16.4. The van der Waals surface area contributed by atoms with Crippen molar-refractivity contribution in [3.63, 3.8) is 0 Å². The number of rotatable bonds is 3. The predicted octanol–water partition coefficient (Wildman–Crippen LogP) is 2.23. The molecule has 1 aromatic carbocycles. The lowest BCUT2D eigenvalue weighted by atomic mass is 10.1. The number of aromatic nitrogens is 2. The fourth-order valence-corrected chi connectivity index (χ4v) is 3.06. The molecule has 1 fully saturated rings. The minimum Gasteiger partial charge on any atom is -0.368 e. The molecule has 1 saturated heterocycles. The first-order valence-corrected chi connectivity index (χ1v) is 7.99. The minimum absolute atomic E-state index is 0.0401. The van der Waals surface area contributed by atoms with Crippen LogP contribution >= 0.6 is 11.6 Å². The number of hydrogen-bond donors (Lipinski definition) is 0. The van der Waals surface area contributed by atoms with Gasteiger partial charge >= 0.3 is 0 Å². The molecule has 2 heterocycles. The van der Waals surface area contributed by atoms with E-state index in [0.717, 1.165) is 23.7 Å². The lowest BCUT2D eigenvalue weighted by molar-refractivity contribution is -0.130. The van der Waals surface area contributed by atoms with Crippen molar-refractivity contribution in [2.75, 3.05) is 31.1 Å². The van der Waals surface area contributed by atoms with Gasteiger partial charge in [-0.05, 0) is 30.7 Å². The van der Waals surface area contributed by atoms with Crippen molar-refractivity contribution in [1.82, 2.24) is 15.0 Å². The van der Waals surface area contributed by atoms with E-state index in [4.69, 9.17) is 16.1 Å². The Labute approximate surface area is 140 Å². The van der Waals surface area contributed by atoms with Crippen LogP contribution < -0.4 is 4.90 Å². The van der Waals surface area contributed by atoms with Gasteiger partial charge in [0.05, 0.1) is 6.42 Å². The maximum atomic E-state index is 12.3. The quantitative estimate of drug-likeness (QED) is 0.861. The molecule has 23 heavy (non-hydrogen) atoms. The number of carbonyl (C=O) groups excluding carboxylic acids is 1. The summed E-state index contributed by atoms with van der Waals surface area (Å²) in [5, 5.41) is 4.52. The molecular weight excluding hydrogens is 316 g/mol. The highest BCUT2D eigenvalue weighted by Crippen LogP contribution is 2.24. The van der Waals surface area contributed by atoms with Crippen molar-refractivity contribution in [1.29, 1.82) is 0 Å². The average molecular weight is 335 g/mol. The largest absolute Gasteiger partial charge is 0.368 e. The molecule has 122 valence electrons. The highest BCUT2D eigenvalue weighted by Gasteiger charge is 2.23. The van der Waals surface area contributed by atoms with E-state index in [9.17, 15) is 4.79 Å². The van der Waals surface area contributed by atoms with Crippen LogP contribution in [0.3, 0.4) is 0 Å². The number of hydrogen-bond acceptors (Lipinski definition) is 5. The molecule has 0 N–H and O–H groups in total. The molecule has 3 rings (SSSR count). The second kappa shape index (κ2) is 6.58. The summed E-state index contributed by atoms with van der Waals surface area (Å²) in [4.78, 5) is 20.5. The Morgan fingerprint density at radius 2 is 2.00 bits per heavy atom. The predicted molar refractivity (Wildman–Crippen MR) is 87.7 cm³/mol. The van der Waals surface area contributed by atoms with Crippen molar-refractivity contribution in [2.45, 2.75) is 20.3 Å². The molecule has 0 atom stereocenters. The van der Waals surface area contributed by atoms with Crippen molar-refractivity contribution in [3.05, 3.63) is 40.5 Å². The molecule has 2 aromatic rings.